The molecule has 0 aromatic carbocycles. The topological polar surface area (TPSA) is 34.1 Å². The summed E-state index contributed by atoms with van der Waals surface area (Å²) in [6, 6.07) is 0. The SMILES string of the molecule is C[C@]12CC[C@@H]3C(CC[C@]4(C)C(=O)CCC34)[C@H]1CCC(=O)C2.[HH].[HH]. The molecule has 0 bridgehead atoms. The van der Waals surface area contributed by atoms with Crippen molar-refractivity contribution in [2.45, 2.75) is 71.6 Å². The number of hydrogen-bond donors (Lipinski definition) is 0. The third-order valence-electron chi connectivity index (χ3n) is 8.00. The molecule has 0 heterocycles. The zero-order chi connectivity index (χ0) is 14.8. The summed E-state index contributed by atoms with van der Waals surface area (Å²) in [5.41, 5.74) is 0.270. The molecule has 4 aliphatic carbocycles. The summed E-state index contributed by atoms with van der Waals surface area (Å²) in [5, 5.41) is 0. The van der Waals surface area contributed by atoms with Crippen LogP contribution in [0.5, 0.6) is 0 Å². The van der Waals surface area contributed by atoms with Gasteiger partial charge in [-0.25, -0.2) is 0 Å². The molecule has 0 aliphatic heterocycles. The molecule has 0 aromatic heterocycles. The first kappa shape index (κ1) is 14.0. The molecule has 0 spiro atoms. The Morgan fingerprint density at radius 1 is 0.905 bits per heavy atom. The Morgan fingerprint density at radius 2 is 1.57 bits per heavy atom. The smallest absolute Gasteiger partial charge is 0.139 e. The van der Waals surface area contributed by atoms with E-state index < -0.39 is 0 Å². The van der Waals surface area contributed by atoms with Crippen LogP contribution in [0.3, 0.4) is 0 Å². The maximum Gasteiger partial charge on any atom is 0.139 e. The van der Waals surface area contributed by atoms with Gasteiger partial charge in [0.15, 0.2) is 0 Å². The standard InChI is InChI=1S/C19H28O2.2H2/c1-18-9-7-14-13(15(18)4-3-12(20)11-18)8-10-19(2)16(14)5-6-17(19)21;;/h13-16H,3-11H2,1-2H3;2*1H/t13?,14-,15-,16?,18-,19+;;/m1../s1. The minimum absolute atomic E-state index is 0. The van der Waals surface area contributed by atoms with Gasteiger partial charge in [-0.3, -0.25) is 9.59 Å². The summed E-state index contributed by atoms with van der Waals surface area (Å²) in [6.45, 7) is 4.62. The van der Waals surface area contributed by atoms with E-state index in [-0.39, 0.29) is 13.7 Å². The number of Topliss-reactive ketones (excluding diaryl/α,β-unsaturated/α-hetero) is 2. The Bertz CT molecular complexity index is 506. The van der Waals surface area contributed by atoms with Gasteiger partial charge in [-0.2, -0.15) is 0 Å². The van der Waals surface area contributed by atoms with E-state index in [4.69, 9.17) is 0 Å². The molecule has 4 aliphatic rings. The lowest BCUT2D eigenvalue weighted by Gasteiger charge is -2.57. The lowest BCUT2D eigenvalue weighted by Crippen LogP contribution is -2.52. The fourth-order valence-corrected chi connectivity index (χ4v) is 6.84. The van der Waals surface area contributed by atoms with Crippen LogP contribution in [-0.2, 0) is 9.59 Å². The molecule has 21 heavy (non-hydrogen) atoms. The molecular formula is C19H32O2. The normalized spacial score (nSPS) is 53.0. The van der Waals surface area contributed by atoms with Crippen molar-refractivity contribution in [3.8, 4) is 0 Å². The molecule has 4 rings (SSSR count). The van der Waals surface area contributed by atoms with Crippen LogP contribution in [0.15, 0.2) is 0 Å². The highest BCUT2D eigenvalue weighted by Gasteiger charge is 2.59. The van der Waals surface area contributed by atoms with E-state index in [2.05, 4.69) is 13.8 Å². The van der Waals surface area contributed by atoms with Crippen LogP contribution in [0, 0.1) is 34.5 Å². The van der Waals surface area contributed by atoms with E-state index in [1.165, 1.54) is 19.3 Å². The van der Waals surface area contributed by atoms with E-state index in [1.807, 2.05) is 0 Å². The third kappa shape index (κ3) is 1.83. The van der Waals surface area contributed by atoms with Gasteiger partial charge in [-0.05, 0) is 67.6 Å². The van der Waals surface area contributed by atoms with E-state index in [0.29, 0.717) is 17.5 Å². The second-order valence-corrected chi connectivity index (χ2v) is 8.91. The van der Waals surface area contributed by atoms with Crippen molar-refractivity contribution in [2.75, 3.05) is 0 Å². The van der Waals surface area contributed by atoms with Crippen LogP contribution >= 0.6 is 0 Å². The highest BCUT2D eigenvalue weighted by atomic mass is 16.1. The highest BCUT2D eigenvalue weighted by Crippen LogP contribution is 2.63. The van der Waals surface area contributed by atoms with E-state index in [1.54, 1.807) is 0 Å². The number of ketones is 2. The first-order valence-electron chi connectivity index (χ1n) is 8.99. The third-order valence-corrected chi connectivity index (χ3v) is 8.00. The van der Waals surface area contributed by atoms with Gasteiger partial charge in [0.05, 0.1) is 0 Å². The monoisotopic (exact) mass is 292 g/mol. The van der Waals surface area contributed by atoms with Gasteiger partial charge in [0.1, 0.15) is 11.6 Å². The lowest BCUT2D eigenvalue weighted by molar-refractivity contribution is -0.140. The molecular weight excluding hydrogens is 260 g/mol. The molecule has 4 saturated carbocycles. The molecule has 0 N–H and O–H groups in total. The molecule has 0 radical (unpaired) electrons. The molecule has 0 saturated heterocycles. The van der Waals surface area contributed by atoms with Gasteiger partial charge in [0.2, 0.25) is 0 Å². The number of carbonyl (C=O) groups excluding carboxylic acids is 2. The first-order chi connectivity index (χ1) is 9.94. The Morgan fingerprint density at radius 3 is 2.38 bits per heavy atom. The molecule has 0 amide bonds. The first-order valence-corrected chi connectivity index (χ1v) is 8.99. The zero-order valence-electron chi connectivity index (χ0n) is 13.5. The molecule has 4 fully saturated rings. The Balaban J connectivity index is 0.000000960. The van der Waals surface area contributed by atoms with E-state index >= 15 is 0 Å². The molecule has 6 atom stereocenters. The predicted octanol–water partition coefficient (Wildman–Crippen LogP) is 4.66. The highest BCUT2D eigenvalue weighted by molar-refractivity contribution is 5.87. The number of hydrogen-bond acceptors (Lipinski definition) is 2. The van der Waals surface area contributed by atoms with Crippen molar-refractivity contribution < 1.29 is 12.4 Å². The summed E-state index contributed by atoms with van der Waals surface area (Å²) in [6.07, 6.45) is 9.53. The summed E-state index contributed by atoms with van der Waals surface area (Å²) < 4.78 is 0. The summed E-state index contributed by atoms with van der Waals surface area (Å²) in [4.78, 5) is 24.3. The average molecular weight is 292 g/mol. The van der Waals surface area contributed by atoms with Gasteiger partial charge >= 0.3 is 0 Å². The minimum Gasteiger partial charge on any atom is -0.300 e. The fraction of sp³-hybridized carbons (Fsp3) is 0.895. The zero-order valence-corrected chi connectivity index (χ0v) is 13.5. The van der Waals surface area contributed by atoms with Crippen LogP contribution in [0.2, 0.25) is 0 Å². The second kappa shape index (κ2) is 4.43. The lowest BCUT2D eigenvalue weighted by atomic mass is 9.47. The van der Waals surface area contributed by atoms with Crippen LogP contribution in [-0.4, -0.2) is 11.6 Å². The van der Waals surface area contributed by atoms with Crippen molar-refractivity contribution >= 4 is 11.6 Å². The maximum absolute atomic E-state index is 12.3. The average Bonchev–Trinajstić information content (AvgIpc) is 2.73. The summed E-state index contributed by atoms with van der Waals surface area (Å²) in [7, 11) is 0. The Kier molecular flexibility index (Phi) is 2.94. The van der Waals surface area contributed by atoms with E-state index in [9.17, 15) is 9.59 Å². The van der Waals surface area contributed by atoms with Gasteiger partial charge in [0, 0.05) is 27.5 Å². The van der Waals surface area contributed by atoms with Gasteiger partial charge < -0.3 is 0 Å². The van der Waals surface area contributed by atoms with Gasteiger partial charge in [-0.1, -0.05) is 13.8 Å². The molecule has 2 heteroatoms. The minimum atomic E-state index is -0.000601. The Labute approximate surface area is 131 Å². The fourth-order valence-electron chi connectivity index (χ4n) is 6.84. The maximum atomic E-state index is 12.3. The van der Waals surface area contributed by atoms with Gasteiger partial charge in [0.25, 0.3) is 0 Å². The van der Waals surface area contributed by atoms with Crippen LogP contribution in [0.1, 0.15) is 74.5 Å². The predicted molar refractivity (Wildman–Crippen MR) is 86.0 cm³/mol. The largest absolute Gasteiger partial charge is 0.300 e. The second-order valence-electron chi connectivity index (χ2n) is 8.91. The van der Waals surface area contributed by atoms with E-state index in [0.717, 1.165) is 56.3 Å². The molecule has 0 aromatic rings. The van der Waals surface area contributed by atoms with Crippen molar-refractivity contribution in [1.29, 1.82) is 0 Å². The van der Waals surface area contributed by atoms with Gasteiger partial charge in [-0.15, -0.1) is 0 Å². The molecule has 120 valence electrons. The molecule has 2 nitrogen and oxygen atoms in total. The van der Waals surface area contributed by atoms with Crippen molar-refractivity contribution in [1.82, 2.24) is 0 Å². The van der Waals surface area contributed by atoms with Crippen LogP contribution in [0.4, 0.5) is 0 Å². The quantitative estimate of drug-likeness (QED) is 0.650. The molecule has 2 unspecified atom stereocenters. The number of fused-ring (bicyclic) bond motifs is 5. The summed E-state index contributed by atoms with van der Waals surface area (Å²) in [5.74, 6) is 3.98. The van der Waals surface area contributed by atoms with Crippen LogP contribution < -0.4 is 0 Å². The Hall–Kier alpha value is -0.660. The number of rotatable bonds is 0. The van der Waals surface area contributed by atoms with Crippen molar-refractivity contribution in [3.63, 3.8) is 0 Å². The van der Waals surface area contributed by atoms with Crippen molar-refractivity contribution in [3.05, 3.63) is 0 Å². The van der Waals surface area contributed by atoms with Crippen molar-refractivity contribution in [2.24, 2.45) is 34.5 Å². The number of carbonyl (C=O) groups is 2. The summed E-state index contributed by atoms with van der Waals surface area (Å²) >= 11 is 0. The van der Waals surface area contributed by atoms with Crippen LogP contribution in [0.25, 0.3) is 0 Å².